The van der Waals surface area contributed by atoms with Gasteiger partial charge in [0, 0.05) is 13.2 Å². The zero-order valence-electron chi connectivity index (χ0n) is 6.71. The van der Waals surface area contributed by atoms with E-state index >= 15 is 0 Å². The number of hydrogen-bond donors (Lipinski definition) is 3. The largest absolute Gasteiger partial charge is 0.397 e. The molecule has 0 heterocycles. The van der Waals surface area contributed by atoms with Gasteiger partial charge in [0.05, 0.1) is 0 Å². The van der Waals surface area contributed by atoms with Crippen LogP contribution in [0.2, 0.25) is 0 Å². The topological polar surface area (TPSA) is 66.5 Å². The lowest BCUT2D eigenvalue weighted by atomic mass is 10.2. The monoisotopic (exact) mass is 149 g/mol. The lowest BCUT2D eigenvalue weighted by Crippen LogP contribution is -1.98. The number of aliphatic hydroxyl groups excluding tert-OH is 2. The second-order valence-corrected chi connectivity index (χ2v) is 1.89. The molecule has 0 rings (SSSR count). The molecule has 0 aromatic heterocycles. The molecule has 3 nitrogen and oxygen atoms in total. The highest BCUT2D eigenvalue weighted by Crippen LogP contribution is 1.89. The maximum atomic E-state index is 8.25. The summed E-state index contributed by atoms with van der Waals surface area (Å²) in [5, 5.41) is 15.8. The zero-order chi connectivity index (χ0) is 8.24. The van der Waals surface area contributed by atoms with Crippen LogP contribution in [0, 0.1) is 0 Å². The third-order valence-electron chi connectivity index (χ3n) is 0.862. The number of hydrogen-bond acceptors (Lipinski definition) is 3. The average Bonchev–Trinajstić information content (AvgIpc) is 1.91. The fourth-order valence-corrected chi connectivity index (χ4v) is 0.433. The minimum atomic E-state index is 0.250. The Morgan fingerprint density at radius 1 is 1.10 bits per heavy atom. The van der Waals surface area contributed by atoms with Gasteiger partial charge < -0.3 is 15.9 Å². The molecule has 0 bridgehead atoms. The maximum Gasteiger partial charge on any atom is 0.0431 e. The van der Waals surface area contributed by atoms with Gasteiger partial charge in [-0.3, -0.25) is 0 Å². The van der Waals surface area contributed by atoms with E-state index in [1.54, 1.807) is 6.92 Å². The smallest absolute Gasteiger partial charge is 0.0431 e. The Hall–Kier alpha value is -0.120. The molecule has 0 aliphatic rings. The number of aliphatic hydroxyl groups is 2. The summed E-state index contributed by atoms with van der Waals surface area (Å²) in [6, 6.07) is 0. The fourth-order valence-electron chi connectivity index (χ4n) is 0.433. The van der Waals surface area contributed by atoms with E-state index in [0.717, 1.165) is 25.8 Å². The minimum Gasteiger partial charge on any atom is -0.397 e. The first-order valence-electron chi connectivity index (χ1n) is 3.75. The quantitative estimate of drug-likeness (QED) is 0.497. The normalized spacial score (nSPS) is 8.40. The van der Waals surface area contributed by atoms with Crippen LogP contribution in [0.15, 0.2) is 0 Å². The second kappa shape index (κ2) is 15.9. The highest BCUT2D eigenvalue weighted by Gasteiger charge is 1.80. The van der Waals surface area contributed by atoms with Crippen LogP contribution in [-0.2, 0) is 0 Å². The van der Waals surface area contributed by atoms with Gasteiger partial charge in [0.1, 0.15) is 0 Å². The predicted octanol–water partition coefficient (Wildman–Crippen LogP) is 0.106. The van der Waals surface area contributed by atoms with Crippen molar-refractivity contribution < 1.29 is 10.2 Å². The van der Waals surface area contributed by atoms with E-state index in [2.05, 4.69) is 0 Å². The van der Waals surface area contributed by atoms with Crippen molar-refractivity contribution in [3.63, 3.8) is 0 Å². The standard InChI is InChI=1S/C5H13NO.C2H6O/c6-4-2-1-3-5-7;1-2-3/h7H,1-6H2;3H,2H2,1H3. The van der Waals surface area contributed by atoms with Crippen LogP contribution < -0.4 is 5.73 Å². The van der Waals surface area contributed by atoms with Gasteiger partial charge in [0.2, 0.25) is 0 Å². The lowest BCUT2D eigenvalue weighted by molar-refractivity contribution is 0.283. The SMILES string of the molecule is CCO.NCCCCCO. The fraction of sp³-hybridized carbons (Fsp3) is 1.00. The molecule has 0 saturated carbocycles. The molecule has 0 amide bonds. The van der Waals surface area contributed by atoms with E-state index in [-0.39, 0.29) is 6.61 Å². The summed E-state index contributed by atoms with van der Waals surface area (Å²) < 4.78 is 0. The van der Waals surface area contributed by atoms with E-state index in [1.807, 2.05) is 0 Å². The van der Waals surface area contributed by atoms with Gasteiger partial charge >= 0.3 is 0 Å². The molecule has 0 atom stereocenters. The minimum absolute atomic E-state index is 0.250. The van der Waals surface area contributed by atoms with Crippen molar-refractivity contribution in [3.8, 4) is 0 Å². The van der Waals surface area contributed by atoms with Gasteiger partial charge in [-0.1, -0.05) is 0 Å². The Morgan fingerprint density at radius 3 is 1.90 bits per heavy atom. The molecule has 4 N–H and O–H groups in total. The second-order valence-electron chi connectivity index (χ2n) is 1.89. The van der Waals surface area contributed by atoms with E-state index in [0.29, 0.717) is 6.61 Å². The summed E-state index contributed by atoms with van der Waals surface area (Å²) >= 11 is 0. The molecule has 10 heavy (non-hydrogen) atoms. The molecule has 0 radical (unpaired) electrons. The summed E-state index contributed by atoms with van der Waals surface area (Å²) in [4.78, 5) is 0. The Labute approximate surface area is 62.9 Å². The molecule has 0 saturated heterocycles. The van der Waals surface area contributed by atoms with E-state index in [4.69, 9.17) is 15.9 Å². The molecule has 64 valence electrons. The lowest BCUT2D eigenvalue weighted by Gasteiger charge is -1.90. The van der Waals surface area contributed by atoms with Crippen molar-refractivity contribution in [2.75, 3.05) is 19.8 Å². The van der Waals surface area contributed by atoms with Gasteiger partial charge in [-0.25, -0.2) is 0 Å². The van der Waals surface area contributed by atoms with Crippen LogP contribution in [0.5, 0.6) is 0 Å². The van der Waals surface area contributed by atoms with Crippen molar-refractivity contribution >= 4 is 0 Å². The summed E-state index contributed by atoms with van der Waals surface area (Å²) in [5.41, 5.74) is 5.19. The first kappa shape index (κ1) is 12.5. The Morgan fingerprint density at radius 2 is 1.60 bits per heavy atom. The van der Waals surface area contributed by atoms with Gasteiger partial charge in [0.25, 0.3) is 0 Å². The van der Waals surface area contributed by atoms with E-state index < -0.39 is 0 Å². The first-order valence-corrected chi connectivity index (χ1v) is 3.75. The summed E-state index contributed by atoms with van der Waals surface area (Å²) in [6.45, 7) is 2.99. The third kappa shape index (κ3) is 24.8. The van der Waals surface area contributed by atoms with Crippen LogP contribution in [0.1, 0.15) is 26.2 Å². The van der Waals surface area contributed by atoms with Crippen molar-refractivity contribution in [1.29, 1.82) is 0 Å². The molecular formula is C7H19NO2. The first-order chi connectivity index (χ1) is 4.83. The summed E-state index contributed by atoms with van der Waals surface area (Å²) in [6.07, 6.45) is 3.00. The van der Waals surface area contributed by atoms with Crippen LogP contribution in [0.3, 0.4) is 0 Å². The van der Waals surface area contributed by atoms with Gasteiger partial charge in [-0.2, -0.15) is 0 Å². The van der Waals surface area contributed by atoms with Crippen LogP contribution in [0.4, 0.5) is 0 Å². The van der Waals surface area contributed by atoms with Gasteiger partial charge in [0.15, 0.2) is 0 Å². The number of nitrogens with two attached hydrogens (primary N) is 1. The van der Waals surface area contributed by atoms with Crippen molar-refractivity contribution in [1.82, 2.24) is 0 Å². The molecule has 0 aromatic carbocycles. The predicted molar refractivity (Wildman–Crippen MR) is 42.8 cm³/mol. The average molecular weight is 149 g/mol. The van der Waals surface area contributed by atoms with Crippen molar-refractivity contribution in [3.05, 3.63) is 0 Å². The molecular weight excluding hydrogens is 130 g/mol. The van der Waals surface area contributed by atoms with Gasteiger partial charge in [-0.15, -0.1) is 0 Å². The van der Waals surface area contributed by atoms with Crippen LogP contribution in [-0.4, -0.2) is 30.0 Å². The molecule has 0 aliphatic carbocycles. The number of rotatable bonds is 4. The highest BCUT2D eigenvalue weighted by molar-refractivity contribution is 4.38. The molecule has 0 fully saturated rings. The Bertz CT molecular complexity index is 38.6. The molecule has 0 aromatic rings. The zero-order valence-corrected chi connectivity index (χ0v) is 6.71. The highest BCUT2D eigenvalue weighted by atomic mass is 16.3. The summed E-state index contributed by atoms with van der Waals surface area (Å²) in [7, 11) is 0. The van der Waals surface area contributed by atoms with E-state index in [1.165, 1.54) is 0 Å². The van der Waals surface area contributed by atoms with Crippen molar-refractivity contribution in [2.45, 2.75) is 26.2 Å². The maximum absolute atomic E-state index is 8.25. The third-order valence-corrected chi connectivity index (χ3v) is 0.862. The number of unbranched alkanes of at least 4 members (excludes halogenated alkanes) is 2. The van der Waals surface area contributed by atoms with Crippen molar-refractivity contribution in [2.24, 2.45) is 5.73 Å². The van der Waals surface area contributed by atoms with E-state index in [9.17, 15) is 0 Å². The molecule has 0 unspecified atom stereocenters. The molecule has 3 heteroatoms. The van der Waals surface area contributed by atoms with Gasteiger partial charge in [-0.05, 0) is 32.7 Å². The molecule has 0 aliphatic heterocycles. The summed E-state index contributed by atoms with van der Waals surface area (Å²) in [5.74, 6) is 0. The Kier molecular flexibility index (Phi) is 20.0. The molecule has 0 spiro atoms. The van der Waals surface area contributed by atoms with Crippen LogP contribution >= 0.6 is 0 Å². The Balaban J connectivity index is 0. The van der Waals surface area contributed by atoms with Crippen LogP contribution in [0.25, 0.3) is 0 Å².